The van der Waals surface area contributed by atoms with E-state index in [1.54, 1.807) is 23.7 Å². The highest BCUT2D eigenvalue weighted by Gasteiger charge is 2.06. The zero-order valence-electron chi connectivity index (χ0n) is 8.03. The predicted octanol–water partition coefficient (Wildman–Crippen LogP) is 0.733. The van der Waals surface area contributed by atoms with Crippen LogP contribution >= 0.6 is 0 Å². The molecule has 0 fully saturated rings. The van der Waals surface area contributed by atoms with Gasteiger partial charge in [-0.25, -0.2) is 4.98 Å². The van der Waals surface area contributed by atoms with Crippen LogP contribution in [0.5, 0.6) is 0 Å². The van der Waals surface area contributed by atoms with Gasteiger partial charge in [-0.15, -0.1) is 0 Å². The summed E-state index contributed by atoms with van der Waals surface area (Å²) in [5.41, 5.74) is 2.39. The van der Waals surface area contributed by atoms with E-state index < -0.39 is 0 Å². The summed E-state index contributed by atoms with van der Waals surface area (Å²) in [5, 5.41) is 2.58. The Kier molecular flexibility index (Phi) is 1.96. The molecule has 14 heavy (non-hydrogen) atoms. The topological polar surface area (TPSA) is 46.9 Å². The normalized spacial score (nSPS) is 10.4. The first-order valence-corrected chi connectivity index (χ1v) is 4.28. The maximum Gasteiger partial charge on any atom is 0.251 e. The van der Waals surface area contributed by atoms with E-state index in [1.165, 1.54) is 0 Å². The standard InChI is InChI=1S/C10H10N3O/c1-11-10(14)7-3-4-8-9(5-7)13(2)6-12-8/h3-5H,1-2H3,(H,11,14). The van der Waals surface area contributed by atoms with Crippen LogP contribution in [0.2, 0.25) is 0 Å². The molecule has 0 saturated carbocycles. The highest BCUT2D eigenvalue weighted by atomic mass is 16.1. The molecule has 1 heterocycles. The third-order valence-electron chi connectivity index (χ3n) is 2.15. The average molecular weight is 188 g/mol. The largest absolute Gasteiger partial charge is 0.355 e. The monoisotopic (exact) mass is 188 g/mol. The molecule has 1 amide bonds. The number of carbonyl (C=O) groups is 1. The lowest BCUT2D eigenvalue weighted by Gasteiger charge is -2.00. The van der Waals surface area contributed by atoms with Crippen molar-refractivity contribution in [3.8, 4) is 0 Å². The van der Waals surface area contributed by atoms with Crippen LogP contribution in [0.15, 0.2) is 18.2 Å². The van der Waals surface area contributed by atoms with E-state index in [9.17, 15) is 4.79 Å². The number of aryl methyl sites for hydroxylation is 1. The molecule has 2 aromatic rings. The fourth-order valence-electron chi connectivity index (χ4n) is 1.35. The Morgan fingerprint density at radius 3 is 3.07 bits per heavy atom. The number of nitrogens with zero attached hydrogens (tertiary/aromatic N) is 2. The van der Waals surface area contributed by atoms with Gasteiger partial charge in [0.1, 0.15) is 0 Å². The van der Waals surface area contributed by atoms with E-state index in [-0.39, 0.29) is 5.91 Å². The molecular weight excluding hydrogens is 178 g/mol. The fourth-order valence-corrected chi connectivity index (χ4v) is 1.35. The molecule has 4 heteroatoms. The fraction of sp³-hybridized carbons (Fsp3) is 0.200. The van der Waals surface area contributed by atoms with Gasteiger partial charge in [-0.2, -0.15) is 0 Å². The Labute approximate surface area is 81.6 Å². The van der Waals surface area contributed by atoms with Gasteiger partial charge >= 0.3 is 0 Å². The number of nitrogens with one attached hydrogen (secondary N) is 1. The van der Waals surface area contributed by atoms with Crippen molar-refractivity contribution in [2.24, 2.45) is 7.05 Å². The quantitative estimate of drug-likeness (QED) is 0.717. The number of hydrogen-bond acceptors (Lipinski definition) is 2. The van der Waals surface area contributed by atoms with Gasteiger partial charge < -0.3 is 9.88 Å². The minimum absolute atomic E-state index is 0.0897. The second-order valence-electron chi connectivity index (χ2n) is 3.05. The van der Waals surface area contributed by atoms with Crippen LogP contribution in [-0.2, 0) is 7.05 Å². The molecule has 1 aromatic carbocycles. The van der Waals surface area contributed by atoms with Gasteiger partial charge in [-0.1, -0.05) is 0 Å². The number of imidazole rings is 1. The van der Waals surface area contributed by atoms with Crippen molar-refractivity contribution in [1.29, 1.82) is 0 Å². The molecule has 0 aliphatic heterocycles. The number of aromatic nitrogens is 2. The second kappa shape index (κ2) is 3.14. The van der Waals surface area contributed by atoms with E-state index in [1.807, 2.05) is 13.1 Å². The number of amides is 1. The van der Waals surface area contributed by atoms with E-state index >= 15 is 0 Å². The second-order valence-corrected chi connectivity index (χ2v) is 3.05. The molecule has 4 nitrogen and oxygen atoms in total. The molecule has 0 aliphatic carbocycles. The predicted molar refractivity (Wildman–Crippen MR) is 52.9 cm³/mol. The molecule has 1 N–H and O–H groups in total. The van der Waals surface area contributed by atoms with Crippen molar-refractivity contribution in [2.75, 3.05) is 7.05 Å². The molecule has 0 unspecified atom stereocenters. The smallest absolute Gasteiger partial charge is 0.251 e. The van der Waals surface area contributed by atoms with Crippen LogP contribution in [0, 0.1) is 6.33 Å². The van der Waals surface area contributed by atoms with E-state index in [0.717, 1.165) is 11.0 Å². The van der Waals surface area contributed by atoms with Gasteiger partial charge in [0.15, 0.2) is 6.33 Å². The molecule has 0 aliphatic rings. The molecule has 0 spiro atoms. The number of benzene rings is 1. The Morgan fingerprint density at radius 2 is 2.36 bits per heavy atom. The van der Waals surface area contributed by atoms with Gasteiger partial charge in [0.05, 0.1) is 11.0 Å². The van der Waals surface area contributed by atoms with E-state index in [0.29, 0.717) is 5.56 Å². The molecular formula is C10H10N3O. The lowest BCUT2D eigenvalue weighted by molar-refractivity contribution is 0.0963. The average Bonchev–Trinajstić information content (AvgIpc) is 2.59. The number of rotatable bonds is 1. The van der Waals surface area contributed by atoms with Crippen LogP contribution in [-0.4, -0.2) is 22.5 Å². The highest BCUT2D eigenvalue weighted by molar-refractivity contribution is 5.97. The van der Waals surface area contributed by atoms with E-state index in [2.05, 4.69) is 16.6 Å². The molecule has 2 rings (SSSR count). The number of carbonyl (C=O) groups excluding carboxylic acids is 1. The molecule has 1 radical (unpaired) electrons. The van der Waals surface area contributed by atoms with Crippen molar-refractivity contribution >= 4 is 16.9 Å². The molecule has 71 valence electrons. The Bertz CT molecular complexity index is 487. The lowest BCUT2D eigenvalue weighted by atomic mass is 10.2. The van der Waals surface area contributed by atoms with Crippen LogP contribution < -0.4 is 5.32 Å². The van der Waals surface area contributed by atoms with Gasteiger partial charge in [-0.3, -0.25) is 4.79 Å². The molecule has 0 bridgehead atoms. The van der Waals surface area contributed by atoms with Crippen LogP contribution in [0.1, 0.15) is 10.4 Å². The minimum atomic E-state index is -0.0897. The zero-order valence-corrected chi connectivity index (χ0v) is 8.03. The van der Waals surface area contributed by atoms with Crippen LogP contribution in [0.25, 0.3) is 11.0 Å². The highest BCUT2D eigenvalue weighted by Crippen LogP contribution is 2.13. The zero-order chi connectivity index (χ0) is 10.1. The van der Waals surface area contributed by atoms with Crippen molar-refractivity contribution in [1.82, 2.24) is 14.9 Å². The van der Waals surface area contributed by atoms with Crippen molar-refractivity contribution in [3.63, 3.8) is 0 Å². The number of fused-ring (bicyclic) bond motifs is 1. The Morgan fingerprint density at radius 1 is 1.57 bits per heavy atom. The third kappa shape index (κ3) is 1.25. The van der Waals surface area contributed by atoms with Crippen LogP contribution in [0.3, 0.4) is 0 Å². The first-order valence-electron chi connectivity index (χ1n) is 4.28. The molecule has 0 saturated heterocycles. The third-order valence-corrected chi connectivity index (χ3v) is 2.15. The molecule has 1 aromatic heterocycles. The minimum Gasteiger partial charge on any atom is -0.355 e. The Hall–Kier alpha value is -1.84. The van der Waals surface area contributed by atoms with Crippen molar-refractivity contribution in [2.45, 2.75) is 0 Å². The Balaban J connectivity index is 2.60. The first-order chi connectivity index (χ1) is 6.72. The summed E-state index contributed by atoms with van der Waals surface area (Å²) in [6.07, 6.45) is 2.80. The summed E-state index contributed by atoms with van der Waals surface area (Å²) in [6, 6.07) is 5.37. The van der Waals surface area contributed by atoms with Gasteiger partial charge in [0, 0.05) is 19.7 Å². The number of hydrogen-bond donors (Lipinski definition) is 1. The summed E-state index contributed by atoms with van der Waals surface area (Å²) in [6.45, 7) is 0. The lowest BCUT2D eigenvalue weighted by Crippen LogP contribution is -2.17. The molecule has 0 atom stereocenters. The summed E-state index contributed by atoms with van der Waals surface area (Å²) >= 11 is 0. The van der Waals surface area contributed by atoms with Crippen LogP contribution in [0.4, 0.5) is 0 Å². The van der Waals surface area contributed by atoms with Crippen molar-refractivity contribution < 1.29 is 4.79 Å². The van der Waals surface area contributed by atoms with Gasteiger partial charge in [-0.05, 0) is 18.2 Å². The summed E-state index contributed by atoms with van der Waals surface area (Å²) in [7, 11) is 3.46. The maximum absolute atomic E-state index is 11.3. The maximum atomic E-state index is 11.3. The van der Waals surface area contributed by atoms with Crippen molar-refractivity contribution in [3.05, 3.63) is 30.1 Å². The van der Waals surface area contributed by atoms with E-state index in [4.69, 9.17) is 0 Å². The van der Waals surface area contributed by atoms with Gasteiger partial charge in [0.25, 0.3) is 5.91 Å². The SMILES string of the molecule is CNC(=O)c1ccc2n[c]n(C)c2c1. The first kappa shape index (κ1) is 8.74. The summed E-state index contributed by atoms with van der Waals surface area (Å²) in [4.78, 5) is 15.4. The van der Waals surface area contributed by atoms with Gasteiger partial charge in [0.2, 0.25) is 0 Å². The summed E-state index contributed by atoms with van der Waals surface area (Å²) < 4.78 is 1.77. The summed E-state index contributed by atoms with van der Waals surface area (Å²) in [5.74, 6) is -0.0897.